The first-order valence-corrected chi connectivity index (χ1v) is 22.2. The lowest BCUT2D eigenvalue weighted by molar-refractivity contribution is -0.117. The molecular formula is C47H83N2O3P. The van der Waals surface area contributed by atoms with Gasteiger partial charge in [-0.15, -0.1) is 9.24 Å². The second-order valence-electron chi connectivity index (χ2n) is 14.6. The largest absolute Gasteiger partial charge is 0.493 e. The second-order valence-corrected chi connectivity index (χ2v) is 15.4. The van der Waals surface area contributed by atoms with E-state index in [1.165, 1.54) is 81.1 Å². The Kier molecular flexibility index (Phi) is 30.7. The molecule has 0 amide bonds. The molecule has 0 bridgehead atoms. The summed E-state index contributed by atoms with van der Waals surface area (Å²) in [5.41, 5.74) is 4.32. The van der Waals surface area contributed by atoms with Crippen LogP contribution in [0.3, 0.4) is 0 Å². The van der Waals surface area contributed by atoms with E-state index in [0.29, 0.717) is 41.9 Å². The van der Waals surface area contributed by atoms with E-state index in [-0.39, 0.29) is 0 Å². The molecule has 2 aliphatic carbocycles. The highest BCUT2D eigenvalue weighted by molar-refractivity contribution is 7.18. The predicted molar refractivity (Wildman–Crippen MR) is 236 cm³/mol. The maximum Gasteiger partial charge on any atom is 0.133 e. The number of hydrogen-bond acceptors (Lipinski definition) is 5. The fourth-order valence-electron chi connectivity index (χ4n) is 7.18. The van der Waals surface area contributed by atoms with Crippen molar-refractivity contribution >= 4 is 21.3 Å². The molecule has 0 aromatic heterocycles. The van der Waals surface area contributed by atoms with Crippen molar-refractivity contribution in [1.29, 1.82) is 0 Å². The van der Waals surface area contributed by atoms with Gasteiger partial charge in [0.1, 0.15) is 17.8 Å². The molecule has 0 radical (unpaired) electrons. The number of Topliss-reactive ketones (excluding diaryl/α,β-unsaturated/α-hetero) is 1. The lowest BCUT2D eigenvalue weighted by atomic mass is 9.82. The van der Waals surface area contributed by atoms with Gasteiger partial charge in [-0.2, -0.15) is 0 Å². The summed E-state index contributed by atoms with van der Waals surface area (Å²) in [7, 11) is 5.02. The lowest BCUT2D eigenvalue weighted by Gasteiger charge is -2.32. The Bertz CT molecular complexity index is 1140. The average Bonchev–Trinajstić information content (AvgIpc) is 3.81. The summed E-state index contributed by atoms with van der Waals surface area (Å²) in [6.07, 6.45) is 34.4. The number of allylic oxidation sites excluding steroid dienone is 9. The SMILES string of the molecule is C=C1C=C(N(C)C(CCC)CCC)C=CC1P.CC.CC/C=C/CC.CCCCC(C)=O.CCCCC1CC(C2C=C3CCOC3=CC2)CN1CC=O. The van der Waals surface area contributed by atoms with Gasteiger partial charge in [0.2, 0.25) is 0 Å². The van der Waals surface area contributed by atoms with Gasteiger partial charge in [-0.05, 0) is 99.5 Å². The molecule has 0 saturated carbocycles. The molecule has 5 atom stereocenters. The molecule has 304 valence electrons. The summed E-state index contributed by atoms with van der Waals surface area (Å²) >= 11 is 0. The van der Waals surface area contributed by atoms with Crippen LogP contribution < -0.4 is 0 Å². The van der Waals surface area contributed by atoms with Crippen LogP contribution in [0.1, 0.15) is 159 Å². The van der Waals surface area contributed by atoms with Crippen molar-refractivity contribution < 1.29 is 14.3 Å². The Morgan fingerprint density at radius 3 is 2.19 bits per heavy atom. The van der Waals surface area contributed by atoms with Gasteiger partial charge in [-0.25, -0.2) is 0 Å². The van der Waals surface area contributed by atoms with E-state index in [4.69, 9.17) is 4.74 Å². The molecule has 2 saturated heterocycles. The van der Waals surface area contributed by atoms with Crippen LogP contribution in [0.2, 0.25) is 0 Å². The highest BCUT2D eigenvalue weighted by Crippen LogP contribution is 2.39. The fraction of sp³-hybridized carbons (Fsp3) is 0.702. The van der Waals surface area contributed by atoms with Crippen molar-refractivity contribution in [2.45, 2.75) is 176 Å². The third kappa shape index (κ3) is 20.9. The number of carbonyl (C=O) groups is 2. The molecule has 5 nitrogen and oxygen atoms in total. The van der Waals surface area contributed by atoms with Gasteiger partial charge in [-0.1, -0.05) is 118 Å². The number of likely N-dealkylation sites (tertiary alicyclic amines) is 1. The van der Waals surface area contributed by atoms with Gasteiger partial charge in [0.05, 0.1) is 13.2 Å². The quantitative estimate of drug-likeness (QED) is 0.0841. The molecule has 0 spiro atoms. The van der Waals surface area contributed by atoms with E-state index in [1.54, 1.807) is 6.92 Å². The number of nitrogens with zero attached hydrogens (tertiary/aromatic N) is 2. The second kappa shape index (κ2) is 32.1. The van der Waals surface area contributed by atoms with E-state index in [1.807, 2.05) is 13.8 Å². The minimum Gasteiger partial charge on any atom is -0.493 e. The molecule has 0 aromatic carbocycles. The number of rotatable bonds is 17. The first-order chi connectivity index (χ1) is 25.6. The molecule has 4 rings (SSSR count). The van der Waals surface area contributed by atoms with E-state index >= 15 is 0 Å². The zero-order chi connectivity index (χ0) is 40.0. The highest BCUT2D eigenvalue weighted by Gasteiger charge is 2.36. The average molecular weight is 755 g/mol. The lowest BCUT2D eigenvalue weighted by Crippen LogP contribution is -2.31. The zero-order valence-electron chi connectivity index (χ0n) is 36.1. The standard InChI is InChI=1S/C18H27NO2.C15H26NP.C6H12O.C6H12.C2H6/c1-2-3-4-17-12-16(13-19(17)8-9-20)14-5-6-18-15(11-14)7-10-21-18;1-5-7-13(8-6-2)16(4)14-9-10-15(17)12(3)11-14;1-3-4-5-6(2)7;1-3-5-6-4-2;1-2/h6,9,11,14,16-17H,2-5,7-8,10,12-13H2,1H3;9-11,13,15H,3,5-8,17H2,1-2,4H3;3-5H2,1-2H3;5-6H,3-4H2,1-2H3;1-2H3/b;;;6-5+;. The number of aldehydes is 1. The Morgan fingerprint density at radius 2 is 1.68 bits per heavy atom. The summed E-state index contributed by atoms with van der Waals surface area (Å²) in [6, 6.07) is 1.28. The van der Waals surface area contributed by atoms with Crippen LogP contribution in [0.4, 0.5) is 0 Å². The van der Waals surface area contributed by atoms with Crippen LogP contribution in [0.15, 0.2) is 71.7 Å². The van der Waals surface area contributed by atoms with Gasteiger partial charge in [0, 0.05) is 49.9 Å². The van der Waals surface area contributed by atoms with Crippen LogP contribution in [0.5, 0.6) is 0 Å². The number of fused-ring (bicyclic) bond motifs is 1. The Labute approximate surface area is 331 Å². The fourth-order valence-corrected chi connectivity index (χ4v) is 7.39. The molecule has 0 N–H and O–H groups in total. The first kappa shape index (κ1) is 50.8. The number of carbonyl (C=O) groups excluding carboxylic acids is 2. The summed E-state index contributed by atoms with van der Waals surface area (Å²) in [5.74, 6) is 2.79. The van der Waals surface area contributed by atoms with Crippen LogP contribution in [-0.4, -0.2) is 66.4 Å². The van der Waals surface area contributed by atoms with Crippen molar-refractivity contribution in [3.05, 3.63) is 71.7 Å². The van der Waals surface area contributed by atoms with Crippen molar-refractivity contribution in [3.8, 4) is 0 Å². The minimum atomic E-state index is 0.307. The van der Waals surface area contributed by atoms with Gasteiger partial charge < -0.3 is 19.2 Å². The summed E-state index contributed by atoms with van der Waals surface area (Å²) in [5, 5.41) is 0. The molecule has 6 heteroatoms. The van der Waals surface area contributed by atoms with Crippen molar-refractivity contribution in [2.75, 3.05) is 26.7 Å². The topological polar surface area (TPSA) is 49.9 Å². The van der Waals surface area contributed by atoms with E-state index in [0.717, 1.165) is 57.3 Å². The van der Waals surface area contributed by atoms with E-state index < -0.39 is 0 Å². The maximum absolute atomic E-state index is 10.9. The molecule has 2 fully saturated rings. The molecule has 2 heterocycles. The van der Waals surface area contributed by atoms with Crippen molar-refractivity contribution in [3.63, 3.8) is 0 Å². The smallest absolute Gasteiger partial charge is 0.133 e. The summed E-state index contributed by atoms with van der Waals surface area (Å²) in [6.45, 7) is 25.4. The number of hydrogen-bond donors (Lipinski definition) is 0. The Balaban J connectivity index is 0.000000753. The van der Waals surface area contributed by atoms with Crippen molar-refractivity contribution in [2.24, 2.45) is 11.8 Å². The Morgan fingerprint density at radius 1 is 1.04 bits per heavy atom. The molecular weight excluding hydrogens is 672 g/mol. The van der Waals surface area contributed by atoms with Crippen LogP contribution in [0, 0.1) is 11.8 Å². The number of ether oxygens (including phenoxy) is 1. The van der Waals surface area contributed by atoms with Crippen molar-refractivity contribution in [1.82, 2.24) is 9.80 Å². The van der Waals surface area contributed by atoms with Gasteiger partial charge in [-0.3, -0.25) is 4.90 Å². The van der Waals surface area contributed by atoms with Gasteiger partial charge in [0.15, 0.2) is 0 Å². The molecule has 2 aliphatic heterocycles. The maximum atomic E-state index is 10.9. The van der Waals surface area contributed by atoms with Gasteiger partial charge >= 0.3 is 0 Å². The van der Waals surface area contributed by atoms with E-state index in [9.17, 15) is 9.59 Å². The molecule has 53 heavy (non-hydrogen) atoms. The minimum absolute atomic E-state index is 0.307. The molecule has 0 aromatic rings. The van der Waals surface area contributed by atoms with Crippen LogP contribution >= 0.6 is 9.24 Å². The Hall–Kier alpha value is -2.23. The van der Waals surface area contributed by atoms with Crippen LogP contribution in [0.25, 0.3) is 0 Å². The number of likely N-dealkylation sites (N-methyl/N-ethyl adjacent to an activating group) is 1. The predicted octanol–water partition coefficient (Wildman–Crippen LogP) is 12.6. The first-order valence-electron chi connectivity index (χ1n) is 21.5. The number of ketones is 1. The normalized spacial score (nSPS) is 21.6. The van der Waals surface area contributed by atoms with Gasteiger partial charge in [0.25, 0.3) is 0 Å². The number of unbranched alkanes of at least 4 members (excludes halogenated alkanes) is 2. The van der Waals surface area contributed by atoms with E-state index in [2.05, 4.69) is 117 Å². The highest BCUT2D eigenvalue weighted by atomic mass is 31.0. The summed E-state index contributed by atoms with van der Waals surface area (Å²) in [4.78, 5) is 26.0. The summed E-state index contributed by atoms with van der Waals surface area (Å²) < 4.78 is 5.64. The third-order valence-electron chi connectivity index (χ3n) is 10.3. The third-order valence-corrected chi connectivity index (χ3v) is 10.9. The zero-order valence-corrected chi connectivity index (χ0v) is 37.3. The van der Waals surface area contributed by atoms with Crippen LogP contribution in [-0.2, 0) is 14.3 Å². The molecule has 4 aliphatic rings. The molecule has 5 unspecified atom stereocenters. The monoisotopic (exact) mass is 755 g/mol.